The molecule has 0 radical (unpaired) electrons. The van der Waals surface area contributed by atoms with E-state index in [0.717, 1.165) is 63.3 Å². The Morgan fingerprint density at radius 1 is 0.792 bits per heavy atom. The van der Waals surface area contributed by atoms with Crippen molar-refractivity contribution in [1.82, 2.24) is 29.5 Å². The van der Waals surface area contributed by atoms with E-state index in [9.17, 15) is 26.3 Å². The number of rotatable bonds is 2. The Morgan fingerprint density at radius 2 is 1.33 bits per heavy atom. The van der Waals surface area contributed by atoms with Gasteiger partial charge in [-0.1, -0.05) is 23.2 Å². The highest BCUT2D eigenvalue weighted by molar-refractivity contribution is 9.10. The number of aromatic nitrogens is 6. The number of hydrogen-bond acceptors (Lipinski definition) is 6. The summed E-state index contributed by atoms with van der Waals surface area (Å²) in [6, 6.07) is 1.66. The molecule has 8 rings (SSSR count). The van der Waals surface area contributed by atoms with E-state index in [2.05, 4.69) is 62.7 Å². The Kier molecular flexibility index (Phi) is 8.51. The Balaban J connectivity index is 0.000000152. The van der Waals surface area contributed by atoms with E-state index in [1.54, 1.807) is 12.4 Å². The summed E-state index contributed by atoms with van der Waals surface area (Å²) in [5.74, 6) is 1.49. The summed E-state index contributed by atoms with van der Waals surface area (Å²) in [5, 5.41) is 15.4. The molecule has 0 bridgehead atoms. The molecule has 2 fully saturated rings. The van der Waals surface area contributed by atoms with Crippen LogP contribution in [0.2, 0.25) is 10.0 Å². The minimum Gasteiger partial charge on any atom is -0.369 e. The van der Waals surface area contributed by atoms with E-state index in [0.29, 0.717) is 46.9 Å². The van der Waals surface area contributed by atoms with Crippen LogP contribution in [0.4, 0.5) is 38.0 Å². The molecular formula is C30H26Br2Cl2F6N8. The highest BCUT2D eigenvalue weighted by Crippen LogP contribution is 2.56. The Labute approximate surface area is 297 Å². The normalized spacial score (nSPS) is 26.0. The van der Waals surface area contributed by atoms with Gasteiger partial charge in [0.05, 0.1) is 31.1 Å². The zero-order chi connectivity index (χ0) is 34.2. The van der Waals surface area contributed by atoms with Crippen LogP contribution in [0.5, 0.6) is 0 Å². The van der Waals surface area contributed by atoms with Gasteiger partial charge in [0, 0.05) is 59.8 Å². The molecule has 2 spiro atoms. The molecule has 8 nitrogen and oxygen atoms in total. The van der Waals surface area contributed by atoms with Gasteiger partial charge < -0.3 is 10.6 Å². The number of anilines is 2. The number of nitrogens with zero attached hydrogens (tertiary/aromatic N) is 6. The Morgan fingerprint density at radius 3 is 1.85 bits per heavy atom. The summed E-state index contributed by atoms with van der Waals surface area (Å²) in [6.07, 6.45) is 1.27. The fourth-order valence-electron chi connectivity index (χ4n) is 7.78. The van der Waals surface area contributed by atoms with E-state index in [1.165, 1.54) is 17.1 Å². The van der Waals surface area contributed by atoms with Gasteiger partial charge in [-0.3, -0.25) is 9.36 Å². The number of nitrogens with one attached hydrogen (secondary N) is 2. The first-order valence-corrected chi connectivity index (χ1v) is 17.4. The molecular weight excluding hydrogens is 817 g/mol. The minimum atomic E-state index is -4.42. The molecule has 4 aromatic rings. The van der Waals surface area contributed by atoms with Gasteiger partial charge in [0.1, 0.15) is 17.3 Å². The molecule has 2 saturated carbocycles. The van der Waals surface area contributed by atoms with Crippen LogP contribution >= 0.6 is 55.1 Å². The fraction of sp³-hybridized carbons (Fsp3) is 0.467. The quantitative estimate of drug-likeness (QED) is 0.196. The third kappa shape index (κ3) is 5.77. The highest BCUT2D eigenvalue weighted by atomic mass is 79.9. The van der Waals surface area contributed by atoms with Crippen LogP contribution in [-0.4, -0.2) is 42.6 Å². The smallest absolute Gasteiger partial charge is 0.369 e. The lowest BCUT2D eigenvalue weighted by Crippen LogP contribution is -2.26. The van der Waals surface area contributed by atoms with Crippen LogP contribution in [0.25, 0.3) is 0 Å². The van der Waals surface area contributed by atoms with Crippen LogP contribution < -0.4 is 10.6 Å². The van der Waals surface area contributed by atoms with Crippen molar-refractivity contribution in [3.63, 3.8) is 0 Å². The summed E-state index contributed by atoms with van der Waals surface area (Å²) < 4.78 is 81.7. The zero-order valence-corrected chi connectivity index (χ0v) is 29.4. The minimum absolute atomic E-state index is 0.0797. The maximum Gasteiger partial charge on any atom is 0.435 e. The molecule has 6 heterocycles. The number of halogens is 10. The highest BCUT2D eigenvalue weighted by Gasteiger charge is 2.50. The van der Waals surface area contributed by atoms with Crippen molar-refractivity contribution in [1.29, 1.82) is 0 Å². The van der Waals surface area contributed by atoms with Crippen LogP contribution in [0.15, 0.2) is 45.9 Å². The van der Waals surface area contributed by atoms with Gasteiger partial charge in [-0.05, 0) is 82.5 Å². The van der Waals surface area contributed by atoms with E-state index < -0.39 is 23.7 Å². The molecule has 48 heavy (non-hydrogen) atoms. The van der Waals surface area contributed by atoms with Crippen molar-refractivity contribution in [2.75, 3.05) is 23.7 Å². The van der Waals surface area contributed by atoms with Gasteiger partial charge in [0.25, 0.3) is 0 Å². The number of pyridine rings is 2. The zero-order valence-electron chi connectivity index (χ0n) is 24.7. The third-order valence-electron chi connectivity index (χ3n) is 9.94. The van der Waals surface area contributed by atoms with Crippen molar-refractivity contribution >= 4 is 66.7 Å². The van der Waals surface area contributed by atoms with Crippen LogP contribution in [0, 0.1) is 0 Å². The molecule has 2 aliphatic carbocycles. The number of fused-ring (bicyclic) bond motifs is 4. The van der Waals surface area contributed by atoms with Crippen LogP contribution in [0.3, 0.4) is 0 Å². The standard InChI is InChI=1S/2C15H13BrClF3N4/c16-9-6-21-13-11(12(9)17)14(7-22-13)3-1-8(5-14)24-4-2-10(23-24)15(18,19)20;16-9-6-21-13-11(12(9)17)14(7-22-13)3-1-8(5-14)24-10(2-4-23-24)15(18,19)20/h2*2,4,6,8H,1,3,5,7H2,(H,21,22)/t2*8-,14-/m00/s1. The Bertz CT molecular complexity index is 1880. The molecule has 256 valence electrons. The van der Waals surface area contributed by atoms with Gasteiger partial charge in [0.2, 0.25) is 0 Å². The molecule has 0 aromatic carbocycles. The fourth-order valence-corrected chi connectivity index (χ4v) is 9.06. The largest absolute Gasteiger partial charge is 0.435 e. The van der Waals surface area contributed by atoms with Gasteiger partial charge in [-0.2, -0.15) is 36.5 Å². The summed E-state index contributed by atoms with van der Waals surface area (Å²) in [4.78, 5) is 8.70. The third-order valence-corrected chi connectivity index (χ3v) is 12.4. The molecule has 0 unspecified atom stereocenters. The first kappa shape index (κ1) is 33.9. The summed E-state index contributed by atoms with van der Waals surface area (Å²) in [6.45, 7) is 1.32. The summed E-state index contributed by atoms with van der Waals surface area (Å²) in [7, 11) is 0. The lowest BCUT2D eigenvalue weighted by molar-refractivity contribution is -0.145. The number of hydrogen-bond donors (Lipinski definition) is 2. The lowest BCUT2D eigenvalue weighted by atomic mass is 9.81. The maximum absolute atomic E-state index is 13.1. The summed E-state index contributed by atoms with van der Waals surface area (Å²) in [5.41, 5.74) is -0.197. The van der Waals surface area contributed by atoms with Crippen molar-refractivity contribution in [2.45, 2.75) is 73.8 Å². The SMILES string of the molecule is FC(F)(F)c1ccn([C@H]2CC[C@@]3(CNc4ncc(Br)c(Cl)c43)C2)n1.FC(F)(F)c1ccnn1[C@H]1CC[C@@]2(CNc3ncc(Br)c(Cl)c32)C1. The van der Waals surface area contributed by atoms with Crippen molar-refractivity contribution in [3.8, 4) is 0 Å². The molecule has 0 amide bonds. The molecule has 0 saturated heterocycles. The second kappa shape index (κ2) is 12.0. The van der Waals surface area contributed by atoms with Crippen LogP contribution in [-0.2, 0) is 23.2 Å². The Hall–Kier alpha value is -2.56. The molecule has 4 aliphatic rings. The maximum atomic E-state index is 13.1. The van der Waals surface area contributed by atoms with E-state index in [4.69, 9.17) is 23.2 Å². The number of alkyl halides is 6. The summed E-state index contributed by atoms with van der Waals surface area (Å²) >= 11 is 19.7. The molecule has 18 heteroatoms. The average molecular weight is 843 g/mol. The van der Waals surface area contributed by atoms with Crippen molar-refractivity contribution in [2.24, 2.45) is 0 Å². The topological polar surface area (TPSA) is 85.5 Å². The van der Waals surface area contributed by atoms with Gasteiger partial charge in [0.15, 0.2) is 5.69 Å². The van der Waals surface area contributed by atoms with Gasteiger partial charge in [-0.25, -0.2) is 9.97 Å². The molecule has 2 aliphatic heterocycles. The van der Waals surface area contributed by atoms with Gasteiger partial charge >= 0.3 is 12.4 Å². The predicted octanol–water partition coefficient (Wildman–Crippen LogP) is 9.60. The van der Waals surface area contributed by atoms with E-state index >= 15 is 0 Å². The van der Waals surface area contributed by atoms with E-state index in [1.807, 2.05) is 0 Å². The first-order chi connectivity index (χ1) is 22.6. The molecule has 4 aromatic heterocycles. The second-order valence-corrected chi connectivity index (χ2v) is 15.2. The van der Waals surface area contributed by atoms with E-state index in [-0.39, 0.29) is 22.9 Å². The van der Waals surface area contributed by atoms with Gasteiger partial charge in [-0.15, -0.1) is 0 Å². The monoisotopic (exact) mass is 840 g/mol. The first-order valence-electron chi connectivity index (χ1n) is 15.0. The second-order valence-electron chi connectivity index (χ2n) is 12.7. The average Bonchev–Trinajstić information content (AvgIpc) is 3.87. The lowest BCUT2D eigenvalue weighted by Gasteiger charge is -2.25. The molecule has 4 atom stereocenters. The van der Waals surface area contributed by atoms with Crippen LogP contribution in [0.1, 0.15) is 73.1 Å². The van der Waals surface area contributed by atoms with Crippen molar-refractivity contribution < 1.29 is 26.3 Å². The van der Waals surface area contributed by atoms with Crippen molar-refractivity contribution in [3.05, 3.63) is 78.4 Å². The molecule has 2 N–H and O–H groups in total. The predicted molar refractivity (Wildman–Crippen MR) is 174 cm³/mol.